The van der Waals surface area contributed by atoms with Crippen molar-refractivity contribution >= 4 is 32.7 Å². The van der Waals surface area contributed by atoms with E-state index in [0.717, 1.165) is 6.07 Å². The molecule has 0 fully saturated rings. The van der Waals surface area contributed by atoms with E-state index in [1.807, 2.05) is 0 Å². The van der Waals surface area contributed by atoms with Gasteiger partial charge >= 0.3 is 0 Å². The summed E-state index contributed by atoms with van der Waals surface area (Å²) < 4.78 is 27.1. The van der Waals surface area contributed by atoms with Gasteiger partial charge in [-0.1, -0.05) is 0 Å². The molecule has 1 N–H and O–H groups in total. The fourth-order valence-corrected chi connectivity index (χ4v) is 1.74. The number of hydrogen-bond donors (Lipinski definition) is 1. The second-order valence-corrected chi connectivity index (χ2v) is 3.85. The first-order valence-electron chi connectivity index (χ1n) is 4.25. The molecule has 0 bridgehead atoms. The molecule has 0 saturated heterocycles. The van der Waals surface area contributed by atoms with Crippen LogP contribution >= 0.6 is 15.9 Å². The van der Waals surface area contributed by atoms with E-state index in [0.29, 0.717) is 5.82 Å². The molecule has 0 unspecified atom stereocenters. The SMILES string of the molecule is CNc1ccc2c(F)c(Br)cc(F)c2n1. The van der Waals surface area contributed by atoms with Crippen molar-refractivity contribution in [2.24, 2.45) is 0 Å². The Bertz CT molecular complexity index is 528. The van der Waals surface area contributed by atoms with Crippen molar-refractivity contribution in [2.45, 2.75) is 0 Å². The molecule has 0 radical (unpaired) electrons. The summed E-state index contributed by atoms with van der Waals surface area (Å²) in [7, 11) is 1.67. The Kier molecular flexibility index (Phi) is 2.56. The van der Waals surface area contributed by atoms with Crippen LogP contribution in [0, 0.1) is 11.6 Å². The topological polar surface area (TPSA) is 24.9 Å². The summed E-state index contributed by atoms with van der Waals surface area (Å²) in [5, 5.41) is 2.94. The fourth-order valence-electron chi connectivity index (χ4n) is 1.33. The Morgan fingerprint density at radius 3 is 2.73 bits per heavy atom. The van der Waals surface area contributed by atoms with Crippen LogP contribution in [0.5, 0.6) is 0 Å². The van der Waals surface area contributed by atoms with Gasteiger partial charge in [0.1, 0.15) is 17.2 Å². The number of aromatic nitrogens is 1. The molecule has 0 aliphatic carbocycles. The maximum atomic E-state index is 13.5. The van der Waals surface area contributed by atoms with E-state index in [2.05, 4.69) is 26.2 Å². The smallest absolute Gasteiger partial charge is 0.150 e. The van der Waals surface area contributed by atoms with Gasteiger partial charge in [-0.2, -0.15) is 0 Å². The number of rotatable bonds is 1. The second-order valence-electron chi connectivity index (χ2n) is 3.00. The van der Waals surface area contributed by atoms with E-state index >= 15 is 0 Å². The Morgan fingerprint density at radius 2 is 2.07 bits per heavy atom. The van der Waals surface area contributed by atoms with Gasteiger partial charge in [0.05, 0.1) is 4.47 Å². The maximum Gasteiger partial charge on any atom is 0.150 e. The van der Waals surface area contributed by atoms with E-state index in [4.69, 9.17) is 0 Å². The van der Waals surface area contributed by atoms with Crippen molar-refractivity contribution in [1.82, 2.24) is 4.98 Å². The Hall–Kier alpha value is -1.23. The minimum atomic E-state index is -0.546. The molecule has 2 aromatic rings. The standard InChI is InChI=1S/C10H7BrF2N2/c1-14-8-3-2-5-9(13)6(11)4-7(12)10(5)15-8/h2-4H,1H3,(H,14,15). The van der Waals surface area contributed by atoms with Crippen LogP contribution in [0.2, 0.25) is 0 Å². The van der Waals surface area contributed by atoms with Crippen molar-refractivity contribution in [3.05, 3.63) is 34.3 Å². The molecule has 0 amide bonds. The van der Waals surface area contributed by atoms with E-state index in [9.17, 15) is 8.78 Å². The summed E-state index contributed by atoms with van der Waals surface area (Å²) in [6.07, 6.45) is 0. The van der Waals surface area contributed by atoms with E-state index < -0.39 is 11.6 Å². The average Bonchev–Trinajstić information content (AvgIpc) is 2.25. The number of nitrogens with zero attached hydrogens (tertiary/aromatic N) is 1. The highest BCUT2D eigenvalue weighted by Gasteiger charge is 2.11. The molecule has 2 nitrogen and oxygen atoms in total. The van der Waals surface area contributed by atoms with Gasteiger partial charge in [-0.3, -0.25) is 0 Å². The lowest BCUT2D eigenvalue weighted by Gasteiger charge is -2.05. The lowest BCUT2D eigenvalue weighted by molar-refractivity contribution is 0.610. The van der Waals surface area contributed by atoms with Crippen LogP contribution in [-0.4, -0.2) is 12.0 Å². The van der Waals surface area contributed by atoms with E-state index in [1.54, 1.807) is 13.1 Å². The number of hydrogen-bond acceptors (Lipinski definition) is 2. The summed E-state index contributed by atoms with van der Waals surface area (Å²) in [6, 6.07) is 4.17. The monoisotopic (exact) mass is 272 g/mol. The molecule has 0 atom stereocenters. The minimum Gasteiger partial charge on any atom is -0.373 e. The third-order valence-electron chi connectivity index (χ3n) is 2.08. The van der Waals surface area contributed by atoms with Crippen molar-refractivity contribution in [3.63, 3.8) is 0 Å². The van der Waals surface area contributed by atoms with E-state index in [-0.39, 0.29) is 15.4 Å². The van der Waals surface area contributed by atoms with Gasteiger partial charge in [0.15, 0.2) is 5.82 Å². The first-order chi connectivity index (χ1) is 7.13. The quantitative estimate of drug-likeness (QED) is 0.806. The molecule has 5 heteroatoms. The lowest BCUT2D eigenvalue weighted by Crippen LogP contribution is -1.95. The van der Waals surface area contributed by atoms with Crippen LogP contribution < -0.4 is 5.32 Å². The zero-order valence-corrected chi connectivity index (χ0v) is 9.40. The Morgan fingerprint density at radius 1 is 1.33 bits per heavy atom. The van der Waals surface area contributed by atoms with Gasteiger partial charge in [-0.25, -0.2) is 13.8 Å². The first-order valence-corrected chi connectivity index (χ1v) is 5.05. The highest BCUT2D eigenvalue weighted by atomic mass is 79.9. The molecule has 1 aromatic heterocycles. The predicted octanol–water partition coefficient (Wildman–Crippen LogP) is 3.32. The molecule has 2 rings (SSSR count). The van der Waals surface area contributed by atoms with Crippen molar-refractivity contribution in [1.29, 1.82) is 0 Å². The van der Waals surface area contributed by atoms with Crippen molar-refractivity contribution in [3.8, 4) is 0 Å². The summed E-state index contributed by atoms with van der Waals surface area (Å²) in [6.45, 7) is 0. The number of pyridine rings is 1. The van der Waals surface area contributed by atoms with Crippen molar-refractivity contribution < 1.29 is 8.78 Å². The Labute approximate surface area is 93.4 Å². The third kappa shape index (κ3) is 1.67. The number of fused-ring (bicyclic) bond motifs is 1. The highest BCUT2D eigenvalue weighted by Crippen LogP contribution is 2.27. The van der Waals surface area contributed by atoms with Crippen LogP contribution in [0.1, 0.15) is 0 Å². The highest BCUT2D eigenvalue weighted by molar-refractivity contribution is 9.10. The molecule has 0 spiro atoms. The van der Waals surface area contributed by atoms with Crippen molar-refractivity contribution in [2.75, 3.05) is 12.4 Å². The van der Waals surface area contributed by atoms with Crippen LogP contribution in [0.3, 0.4) is 0 Å². The summed E-state index contributed by atoms with van der Waals surface area (Å²) >= 11 is 2.94. The molecule has 0 saturated carbocycles. The summed E-state index contributed by atoms with van der Waals surface area (Å²) in [5.41, 5.74) is 0.0301. The number of nitrogens with one attached hydrogen (secondary N) is 1. The predicted molar refractivity (Wildman–Crippen MR) is 58.9 cm³/mol. The molecular weight excluding hydrogens is 266 g/mol. The van der Waals surface area contributed by atoms with Gasteiger partial charge < -0.3 is 5.32 Å². The van der Waals surface area contributed by atoms with Crippen LogP contribution in [0.15, 0.2) is 22.7 Å². The van der Waals surface area contributed by atoms with Crippen LogP contribution in [-0.2, 0) is 0 Å². The largest absolute Gasteiger partial charge is 0.373 e. The van der Waals surface area contributed by atoms with Gasteiger partial charge in [0.25, 0.3) is 0 Å². The van der Waals surface area contributed by atoms with Gasteiger partial charge in [0.2, 0.25) is 0 Å². The molecule has 15 heavy (non-hydrogen) atoms. The number of halogens is 3. The summed E-state index contributed by atoms with van der Waals surface area (Å²) in [5.74, 6) is -0.542. The minimum absolute atomic E-state index is 0.0301. The third-order valence-corrected chi connectivity index (χ3v) is 2.65. The molecule has 78 valence electrons. The number of benzene rings is 1. The van der Waals surface area contributed by atoms with Gasteiger partial charge in [0, 0.05) is 12.4 Å². The maximum absolute atomic E-state index is 13.5. The zero-order valence-electron chi connectivity index (χ0n) is 7.81. The molecule has 0 aliphatic heterocycles. The van der Waals surface area contributed by atoms with Crippen LogP contribution in [0.4, 0.5) is 14.6 Å². The lowest BCUT2D eigenvalue weighted by atomic mass is 10.2. The normalized spacial score (nSPS) is 10.7. The second kappa shape index (κ2) is 3.73. The Balaban J connectivity index is 2.84. The molecular formula is C10H7BrF2N2. The molecule has 1 heterocycles. The van der Waals surface area contributed by atoms with Gasteiger partial charge in [-0.15, -0.1) is 0 Å². The fraction of sp³-hybridized carbons (Fsp3) is 0.100. The first kappa shape index (κ1) is 10.3. The zero-order chi connectivity index (χ0) is 11.0. The molecule has 1 aromatic carbocycles. The average molecular weight is 273 g/mol. The number of anilines is 1. The van der Waals surface area contributed by atoms with E-state index in [1.165, 1.54) is 6.07 Å². The van der Waals surface area contributed by atoms with Crippen LogP contribution in [0.25, 0.3) is 10.9 Å². The summed E-state index contributed by atoms with van der Waals surface area (Å²) in [4.78, 5) is 3.95. The molecule has 0 aliphatic rings. The van der Waals surface area contributed by atoms with Gasteiger partial charge in [-0.05, 0) is 34.1 Å².